The van der Waals surface area contributed by atoms with Gasteiger partial charge >= 0.3 is 0 Å². The summed E-state index contributed by atoms with van der Waals surface area (Å²) in [5.41, 5.74) is 0. The van der Waals surface area contributed by atoms with E-state index in [1.165, 1.54) is 21.3 Å². The highest BCUT2D eigenvalue weighted by molar-refractivity contribution is 5.73. The van der Waals surface area contributed by atoms with E-state index in [0.717, 1.165) is 0 Å². The Morgan fingerprint density at radius 2 is 1.82 bits per heavy atom. The maximum Gasteiger partial charge on any atom is 0.233 e. The zero-order valence-corrected chi connectivity index (χ0v) is 6.75. The van der Waals surface area contributed by atoms with Crippen LogP contribution in [0.5, 0.6) is 0 Å². The zero-order chi connectivity index (χ0) is 8.91. The molecule has 0 heterocycles. The SMILES string of the molecule is COCC(OC)(OC)C(=O)[O-]. The molecule has 0 fully saturated rings. The van der Waals surface area contributed by atoms with Gasteiger partial charge in [-0.3, -0.25) is 0 Å². The topological polar surface area (TPSA) is 67.8 Å². The molecule has 0 amide bonds. The monoisotopic (exact) mass is 163 g/mol. The number of carboxylic acid groups (broad SMARTS) is 1. The Morgan fingerprint density at radius 3 is 1.91 bits per heavy atom. The van der Waals surface area contributed by atoms with Gasteiger partial charge in [0.2, 0.25) is 5.79 Å². The second kappa shape index (κ2) is 4.27. The lowest BCUT2D eigenvalue weighted by molar-refractivity contribution is -0.357. The fourth-order valence-corrected chi connectivity index (χ4v) is 0.617. The average molecular weight is 163 g/mol. The Bertz CT molecular complexity index is 129. The minimum absolute atomic E-state index is 0.206. The normalized spacial score (nSPS) is 11.5. The molecule has 0 spiro atoms. The molecule has 0 aromatic carbocycles. The fourth-order valence-electron chi connectivity index (χ4n) is 0.617. The fraction of sp³-hybridized carbons (Fsp3) is 0.833. The lowest BCUT2D eigenvalue weighted by atomic mass is 10.3. The van der Waals surface area contributed by atoms with Gasteiger partial charge in [0, 0.05) is 21.3 Å². The summed E-state index contributed by atoms with van der Waals surface area (Å²) in [6, 6.07) is 0. The van der Waals surface area contributed by atoms with Crippen LogP contribution in [0.4, 0.5) is 0 Å². The van der Waals surface area contributed by atoms with E-state index >= 15 is 0 Å². The first-order valence-corrected chi connectivity index (χ1v) is 2.93. The Kier molecular flexibility index (Phi) is 4.02. The number of rotatable bonds is 5. The van der Waals surface area contributed by atoms with E-state index in [2.05, 4.69) is 14.2 Å². The summed E-state index contributed by atoms with van der Waals surface area (Å²) in [5, 5.41) is 10.4. The van der Waals surface area contributed by atoms with Gasteiger partial charge in [0.05, 0.1) is 0 Å². The van der Waals surface area contributed by atoms with Crippen molar-refractivity contribution in [2.45, 2.75) is 5.79 Å². The number of aliphatic carboxylic acids is 1. The van der Waals surface area contributed by atoms with E-state index in [1.54, 1.807) is 0 Å². The Balaban J connectivity index is 4.32. The van der Waals surface area contributed by atoms with Crippen molar-refractivity contribution in [3.05, 3.63) is 0 Å². The molecule has 0 N–H and O–H groups in total. The van der Waals surface area contributed by atoms with Gasteiger partial charge in [0.25, 0.3) is 0 Å². The van der Waals surface area contributed by atoms with Crippen LogP contribution in [0.2, 0.25) is 0 Å². The van der Waals surface area contributed by atoms with Crippen molar-refractivity contribution in [2.75, 3.05) is 27.9 Å². The smallest absolute Gasteiger partial charge is 0.233 e. The van der Waals surface area contributed by atoms with E-state index in [9.17, 15) is 9.90 Å². The van der Waals surface area contributed by atoms with Crippen molar-refractivity contribution in [1.29, 1.82) is 0 Å². The largest absolute Gasteiger partial charge is 0.544 e. The van der Waals surface area contributed by atoms with Crippen molar-refractivity contribution in [3.63, 3.8) is 0 Å². The maximum absolute atomic E-state index is 10.4. The van der Waals surface area contributed by atoms with Gasteiger partial charge in [0.15, 0.2) is 0 Å². The molecule has 0 aliphatic rings. The van der Waals surface area contributed by atoms with Crippen LogP contribution in [0.3, 0.4) is 0 Å². The molecule has 0 aromatic rings. The number of methoxy groups -OCH3 is 3. The summed E-state index contributed by atoms with van der Waals surface area (Å²) in [7, 11) is 3.76. The van der Waals surface area contributed by atoms with Crippen LogP contribution in [0.25, 0.3) is 0 Å². The molecule has 0 bridgehead atoms. The van der Waals surface area contributed by atoms with Gasteiger partial charge in [0.1, 0.15) is 12.6 Å². The molecule has 66 valence electrons. The molecular weight excluding hydrogens is 152 g/mol. The lowest BCUT2D eigenvalue weighted by Gasteiger charge is -2.30. The summed E-state index contributed by atoms with van der Waals surface area (Å²) in [6.07, 6.45) is 0. The number of carboxylic acids is 1. The average Bonchev–Trinajstić information content (AvgIpc) is 2.00. The predicted molar refractivity (Wildman–Crippen MR) is 33.6 cm³/mol. The van der Waals surface area contributed by atoms with E-state index < -0.39 is 11.8 Å². The predicted octanol–water partition coefficient (Wildman–Crippen LogP) is -1.63. The highest BCUT2D eigenvalue weighted by atomic mass is 16.7. The molecule has 0 radical (unpaired) electrons. The van der Waals surface area contributed by atoms with Crippen LogP contribution in [-0.2, 0) is 19.0 Å². The summed E-state index contributed by atoms with van der Waals surface area (Å²) in [5.74, 6) is -3.24. The number of carbonyl (C=O) groups excluding carboxylic acids is 1. The molecular formula is C6H11O5-. The lowest BCUT2D eigenvalue weighted by Crippen LogP contribution is -2.54. The van der Waals surface area contributed by atoms with E-state index in [4.69, 9.17) is 0 Å². The Hall–Kier alpha value is -0.650. The molecule has 0 unspecified atom stereocenters. The third-order valence-electron chi connectivity index (χ3n) is 1.30. The number of carbonyl (C=O) groups is 1. The molecule has 0 rings (SSSR count). The van der Waals surface area contributed by atoms with Crippen LogP contribution in [-0.4, -0.2) is 39.7 Å². The van der Waals surface area contributed by atoms with Crippen LogP contribution in [0.15, 0.2) is 0 Å². The standard InChI is InChI=1S/C6H12O5/c1-9-4-6(10-2,11-3)5(7)8/h4H2,1-3H3,(H,7,8)/p-1. The maximum atomic E-state index is 10.4. The Labute approximate surface area is 64.9 Å². The minimum atomic E-state index is -1.78. The number of ether oxygens (including phenoxy) is 3. The van der Waals surface area contributed by atoms with Gasteiger partial charge < -0.3 is 24.1 Å². The van der Waals surface area contributed by atoms with Crippen molar-refractivity contribution >= 4 is 5.97 Å². The zero-order valence-electron chi connectivity index (χ0n) is 6.75. The summed E-state index contributed by atoms with van der Waals surface area (Å²) < 4.78 is 13.7. The van der Waals surface area contributed by atoms with E-state index in [1.807, 2.05) is 0 Å². The molecule has 0 aliphatic heterocycles. The number of hydrogen-bond donors (Lipinski definition) is 0. The van der Waals surface area contributed by atoms with Crippen LogP contribution < -0.4 is 5.11 Å². The molecule has 0 aliphatic carbocycles. The van der Waals surface area contributed by atoms with Gasteiger partial charge in [-0.2, -0.15) is 0 Å². The molecule has 0 atom stereocenters. The van der Waals surface area contributed by atoms with Crippen molar-refractivity contribution in [3.8, 4) is 0 Å². The first-order chi connectivity index (χ1) is 5.13. The Morgan fingerprint density at radius 1 is 1.36 bits per heavy atom. The highest BCUT2D eigenvalue weighted by Crippen LogP contribution is 2.09. The molecule has 0 saturated heterocycles. The van der Waals surface area contributed by atoms with Gasteiger partial charge in [-0.1, -0.05) is 0 Å². The van der Waals surface area contributed by atoms with Crippen molar-refractivity contribution in [1.82, 2.24) is 0 Å². The van der Waals surface area contributed by atoms with E-state index in [-0.39, 0.29) is 6.61 Å². The first-order valence-electron chi connectivity index (χ1n) is 2.93. The first kappa shape index (κ1) is 10.3. The van der Waals surface area contributed by atoms with Gasteiger partial charge in [-0.15, -0.1) is 0 Å². The molecule has 5 heteroatoms. The molecule has 11 heavy (non-hydrogen) atoms. The highest BCUT2D eigenvalue weighted by Gasteiger charge is 2.31. The second-order valence-corrected chi connectivity index (χ2v) is 1.88. The summed E-state index contributed by atoms with van der Waals surface area (Å²) in [6.45, 7) is -0.206. The van der Waals surface area contributed by atoms with Gasteiger partial charge in [-0.05, 0) is 0 Å². The minimum Gasteiger partial charge on any atom is -0.544 e. The van der Waals surface area contributed by atoms with Crippen LogP contribution in [0, 0.1) is 0 Å². The molecule has 5 nitrogen and oxygen atoms in total. The third-order valence-corrected chi connectivity index (χ3v) is 1.30. The van der Waals surface area contributed by atoms with Gasteiger partial charge in [-0.25, -0.2) is 0 Å². The van der Waals surface area contributed by atoms with Crippen molar-refractivity contribution in [2.24, 2.45) is 0 Å². The van der Waals surface area contributed by atoms with Crippen molar-refractivity contribution < 1.29 is 24.1 Å². The van der Waals surface area contributed by atoms with Crippen LogP contribution >= 0.6 is 0 Å². The van der Waals surface area contributed by atoms with Crippen LogP contribution in [0.1, 0.15) is 0 Å². The van der Waals surface area contributed by atoms with E-state index in [0.29, 0.717) is 0 Å². The quantitative estimate of drug-likeness (QED) is 0.455. The summed E-state index contributed by atoms with van der Waals surface area (Å²) >= 11 is 0. The molecule has 0 aromatic heterocycles. The third kappa shape index (κ3) is 2.14. The number of hydrogen-bond acceptors (Lipinski definition) is 5. The summed E-state index contributed by atoms with van der Waals surface area (Å²) in [4.78, 5) is 10.4. The second-order valence-electron chi connectivity index (χ2n) is 1.88. The molecule has 0 saturated carbocycles.